The fourth-order valence-electron chi connectivity index (χ4n) is 5.76. The molecule has 5 aromatic rings. The lowest BCUT2D eigenvalue weighted by Crippen LogP contribution is -2.32. The van der Waals surface area contributed by atoms with Crippen molar-refractivity contribution in [1.82, 2.24) is 4.90 Å². The summed E-state index contributed by atoms with van der Waals surface area (Å²) in [5.74, 6) is 0.577. The number of anilines is 1. The third kappa shape index (κ3) is 6.00. The van der Waals surface area contributed by atoms with Gasteiger partial charge in [-0.15, -0.1) is 0 Å². The molecule has 3 nitrogen and oxygen atoms in total. The third-order valence-electron chi connectivity index (χ3n) is 8.24. The highest BCUT2D eigenvalue weighted by molar-refractivity contribution is 6.05. The molecule has 0 atom stereocenters. The van der Waals surface area contributed by atoms with Crippen molar-refractivity contribution in [3.8, 4) is 11.1 Å². The minimum atomic E-state index is -0.0968. The summed E-state index contributed by atoms with van der Waals surface area (Å²) < 4.78 is 0. The first-order chi connectivity index (χ1) is 19.5. The SMILES string of the molecule is Cc1ccc(-c2ccc(C(=O)Nc3ccc4cc(CN5CCC(c6ccc(C)cc6)CC5)ccc4c3)cc2)cc1. The zero-order valence-electron chi connectivity index (χ0n) is 23.4. The van der Waals surface area contributed by atoms with Crippen LogP contribution in [0.1, 0.15) is 51.4 Å². The minimum absolute atomic E-state index is 0.0968. The molecule has 40 heavy (non-hydrogen) atoms. The van der Waals surface area contributed by atoms with Crippen LogP contribution in [0.4, 0.5) is 5.69 Å². The number of benzene rings is 5. The van der Waals surface area contributed by atoms with Gasteiger partial charge in [-0.1, -0.05) is 90.0 Å². The number of piperidine rings is 1. The molecule has 1 heterocycles. The van der Waals surface area contributed by atoms with Crippen molar-refractivity contribution in [2.75, 3.05) is 18.4 Å². The van der Waals surface area contributed by atoms with Crippen LogP contribution >= 0.6 is 0 Å². The molecule has 0 bridgehead atoms. The van der Waals surface area contributed by atoms with Gasteiger partial charge in [0.05, 0.1) is 0 Å². The summed E-state index contributed by atoms with van der Waals surface area (Å²) >= 11 is 0. The van der Waals surface area contributed by atoms with Gasteiger partial charge in [0.2, 0.25) is 0 Å². The Morgan fingerprint density at radius 1 is 0.700 bits per heavy atom. The summed E-state index contributed by atoms with van der Waals surface area (Å²) in [7, 11) is 0. The molecule has 1 aliphatic heterocycles. The van der Waals surface area contributed by atoms with Crippen LogP contribution in [0, 0.1) is 13.8 Å². The lowest BCUT2D eigenvalue weighted by atomic mass is 9.89. The number of carbonyl (C=O) groups excluding carboxylic acids is 1. The fraction of sp³-hybridized carbons (Fsp3) is 0.216. The highest BCUT2D eigenvalue weighted by Gasteiger charge is 2.20. The summed E-state index contributed by atoms with van der Waals surface area (Å²) in [5, 5.41) is 5.41. The smallest absolute Gasteiger partial charge is 0.255 e. The quantitative estimate of drug-likeness (QED) is 0.241. The standard InChI is InChI=1S/C37H36N2O/c1-26-3-8-29(9-4-26)31-13-15-33(16-14-31)37(40)38-36-18-17-34-23-28(7-12-35(34)24-36)25-39-21-19-32(20-22-39)30-10-5-27(2)6-11-30/h3-18,23-24,32H,19-22,25H2,1-2H3,(H,38,40). The Morgan fingerprint density at radius 2 is 1.27 bits per heavy atom. The molecule has 1 saturated heterocycles. The molecule has 0 saturated carbocycles. The zero-order valence-corrected chi connectivity index (χ0v) is 23.4. The number of nitrogens with one attached hydrogen (secondary N) is 1. The van der Waals surface area contributed by atoms with E-state index in [1.165, 1.54) is 40.5 Å². The average molecular weight is 525 g/mol. The van der Waals surface area contributed by atoms with Crippen LogP contribution in [-0.2, 0) is 6.54 Å². The Hall–Kier alpha value is -4.21. The van der Waals surface area contributed by atoms with E-state index in [9.17, 15) is 4.79 Å². The topological polar surface area (TPSA) is 32.3 Å². The van der Waals surface area contributed by atoms with Gasteiger partial charge >= 0.3 is 0 Å². The van der Waals surface area contributed by atoms with E-state index in [1.807, 2.05) is 30.3 Å². The average Bonchev–Trinajstić information content (AvgIpc) is 2.98. The predicted molar refractivity (Wildman–Crippen MR) is 167 cm³/mol. The van der Waals surface area contributed by atoms with Gasteiger partial charge < -0.3 is 5.32 Å². The maximum atomic E-state index is 12.9. The van der Waals surface area contributed by atoms with E-state index < -0.39 is 0 Å². The van der Waals surface area contributed by atoms with Crippen LogP contribution < -0.4 is 5.32 Å². The Kier molecular flexibility index (Phi) is 7.48. The number of aryl methyl sites for hydroxylation is 2. The number of rotatable bonds is 6. The fourth-order valence-corrected chi connectivity index (χ4v) is 5.76. The first-order valence-corrected chi connectivity index (χ1v) is 14.3. The molecule has 0 unspecified atom stereocenters. The lowest BCUT2D eigenvalue weighted by molar-refractivity contribution is 0.102. The van der Waals surface area contributed by atoms with Crippen LogP contribution in [0.5, 0.6) is 0 Å². The van der Waals surface area contributed by atoms with Crippen molar-refractivity contribution >= 4 is 22.4 Å². The van der Waals surface area contributed by atoms with Crippen LogP contribution in [-0.4, -0.2) is 23.9 Å². The molecule has 200 valence electrons. The molecular weight excluding hydrogens is 488 g/mol. The highest BCUT2D eigenvalue weighted by atomic mass is 16.1. The van der Waals surface area contributed by atoms with Crippen LogP contribution in [0.15, 0.2) is 109 Å². The van der Waals surface area contributed by atoms with Gasteiger partial charge in [-0.3, -0.25) is 9.69 Å². The minimum Gasteiger partial charge on any atom is -0.322 e. The van der Waals surface area contributed by atoms with Gasteiger partial charge in [-0.25, -0.2) is 0 Å². The molecular formula is C37H36N2O. The molecule has 0 radical (unpaired) electrons. The summed E-state index contributed by atoms with van der Waals surface area (Å²) in [5.41, 5.74) is 9.11. The van der Waals surface area contributed by atoms with Crippen LogP contribution in [0.25, 0.3) is 21.9 Å². The number of hydrogen-bond acceptors (Lipinski definition) is 2. The zero-order chi connectivity index (χ0) is 27.5. The van der Waals surface area contributed by atoms with Crippen molar-refractivity contribution in [3.63, 3.8) is 0 Å². The molecule has 1 fully saturated rings. The second-order valence-electron chi connectivity index (χ2n) is 11.3. The lowest BCUT2D eigenvalue weighted by Gasteiger charge is -2.32. The Morgan fingerprint density at radius 3 is 1.95 bits per heavy atom. The molecule has 6 rings (SSSR count). The number of carbonyl (C=O) groups is 1. The van der Waals surface area contributed by atoms with Crippen molar-refractivity contribution in [3.05, 3.63) is 137 Å². The third-order valence-corrected chi connectivity index (χ3v) is 8.24. The van der Waals surface area contributed by atoms with E-state index in [1.54, 1.807) is 0 Å². The maximum absolute atomic E-state index is 12.9. The number of fused-ring (bicyclic) bond motifs is 1. The van der Waals surface area contributed by atoms with Crippen LogP contribution in [0.3, 0.4) is 0 Å². The molecule has 0 aromatic heterocycles. The first-order valence-electron chi connectivity index (χ1n) is 14.3. The normalized spacial score (nSPS) is 14.3. The van der Waals surface area contributed by atoms with E-state index in [2.05, 4.69) is 103 Å². The second kappa shape index (κ2) is 11.5. The molecule has 0 aliphatic carbocycles. The van der Waals surface area contributed by atoms with E-state index in [-0.39, 0.29) is 5.91 Å². The molecule has 1 amide bonds. The summed E-state index contributed by atoms with van der Waals surface area (Å²) in [4.78, 5) is 15.5. The van der Waals surface area contributed by atoms with E-state index in [0.717, 1.165) is 41.8 Å². The predicted octanol–water partition coefficient (Wildman–Crippen LogP) is 8.76. The number of amides is 1. The van der Waals surface area contributed by atoms with E-state index in [4.69, 9.17) is 0 Å². The summed E-state index contributed by atoms with van der Waals surface area (Å²) in [6.07, 6.45) is 2.43. The second-order valence-corrected chi connectivity index (χ2v) is 11.3. The van der Waals surface area contributed by atoms with Crippen LogP contribution in [0.2, 0.25) is 0 Å². The van der Waals surface area contributed by atoms with E-state index in [0.29, 0.717) is 11.5 Å². The molecule has 1 aliphatic rings. The largest absolute Gasteiger partial charge is 0.322 e. The van der Waals surface area contributed by atoms with Gasteiger partial charge in [-0.2, -0.15) is 0 Å². The maximum Gasteiger partial charge on any atom is 0.255 e. The van der Waals surface area contributed by atoms with E-state index >= 15 is 0 Å². The van der Waals surface area contributed by atoms with Gasteiger partial charge in [0, 0.05) is 17.8 Å². The van der Waals surface area contributed by atoms with Crippen molar-refractivity contribution in [2.45, 2.75) is 39.2 Å². The van der Waals surface area contributed by atoms with Crippen molar-refractivity contribution in [2.24, 2.45) is 0 Å². The summed E-state index contributed by atoms with van der Waals surface area (Å²) in [6.45, 7) is 7.48. The Labute approximate surface area is 237 Å². The van der Waals surface area contributed by atoms with Crippen molar-refractivity contribution in [1.29, 1.82) is 0 Å². The van der Waals surface area contributed by atoms with Crippen molar-refractivity contribution < 1.29 is 4.79 Å². The van der Waals surface area contributed by atoms with Gasteiger partial charge in [-0.05, 0) is 109 Å². The Bertz CT molecular complexity index is 1610. The summed E-state index contributed by atoms with van der Waals surface area (Å²) in [6, 6.07) is 38.2. The highest BCUT2D eigenvalue weighted by Crippen LogP contribution is 2.29. The number of likely N-dealkylation sites (tertiary alicyclic amines) is 1. The number of hydrogen-bond donors (Lipinski definition) is 1. The molecule has 3 heteroatoms. The molecule has 0 spiro atoms. The molecule has 1 N–H and O–H groups in total. The van der Waals surface area contributed by atoms with Gasteiger partial charge in [0.15, 0.2) is 0 Å². The Balaban J connectivity index is 1.06. The van der Waals surface area contributed by atoms with Gasteiger partial charge in [0.1, 0.15) is 0 Å². The number of nitrogens with zero attached hydrogens (tertiary/aromatic N) is 1. The first kappa shape index (κ1) is 26.0. The molecule has 5 aromatic carbocycles. The van der Waals surface area contributed by atoms with Gasteiger partial charge in [0.25, 0.3) is 5.91 Å². The monoisotopic (exact) mass is 524 g/mol.